The molecule has 0 saturated carbocycles. The Morgan fingerprint density at radius 3 is 2.64 bits per heavy atom. The van der Waals surface area contributed by atoms with Crippen LogP contribution in [0.1, 0.15) is 23.9 Å². The SMILES string of the molecule is CNCc1c(C)nn(CC(C)O)c1C. The molecule has 1 aromatic heterocycles. The Bertz CT molecular complexity index is 305. The maximum atomic E-state index is 9.28. The van der Waals surface area contributed by atoms with Gasteiger partial charge in [-0.05, 0) is 27.8 Å². The van der Waals surface area contributed by atoms with Gasteiger partial charge in [0.25, 0.3) is 0 Å². The minimum Gasteiger partial charge on any atom is -0.391 e. The van der Waals surface area contributed by atoms with Gasteiger partial charge in [0.05, 0.1) is 18.3 Å². The first-order chi connectivity index (χ1) is 6.56. The van der Waals surface area contributed by atoms with Gasteiger partial charge in [0, 0.05) is 17.8 Å². The summed E-state index contributed by atoms with van der Waals surface area (Å²) < 4.78 is 1.87. The first kappa shape index (κ1) is 11.2. The van der Waals surface area contributed by atoms with Gasteiger partial charge in [0.1, 0.15) is 0 Å². The van der Waals surface area contributed by atoms with E-state index >= 15 is 0 Å². The number of nitrogens with zero attached hydrogens (tertiary/aromatic N) is 2. The molecule has 1 heterocycles. The molecule has 0 aliphatic rings. The lowest BCUT2D eigenvalue weighted by Crippen LogP contribution is -2.14. The Labute approximate surface area is 84.9 Å². The second-order valence-electron chi connectivity index (χ2n) is 3.71. The van der Waals surface area contributed by atoms with Crippen LogP contribution in [0.15, 0.2) is 0 Å². The van der Waals surface area contributed by atoms with Crippen molar-refractivity contribution in [3.63, 3.8) is 0 Å². The molecule has 1 rings (SSSR count). The molecule has 0 aromatic carbocycles. The topological polar surface area (TPSA) is 50.1 Å². The molecule has 14 heavy (non-hydrogen) atoms. The third-order valence-electron chi connectivity index (χ3n) is 2.32. The van der Waals surface area contributed by atoms with Crippen LogP contribution < -0.4 is 5.32 Å². The molecular weight excluding hydrogens is 178 g/mol. The van der Waals surface area contributed by atoms with Crippen molar-refractivity contribution in [2.24, 2.45) is 0 Å². The van der Waals surface area contributed by atoms with Gasteiger partial charge in [-0.1, -0.05) is 0 Å². The van der Waals surface area contributed by atoms with Crippen LogP contribution in [0.2, 0.25) is 0 Å². The number of rotatable bonds is 4. The lowest BCUT2D eigenvalue weighted by molar-refractivity contribution is 0.167. The highest BCUT2D eigenvalue weighted by molar-refractivity contribution is 5.24. The molecule has 2 N–H and O–H groups in total. The highest BCUT2D eigenvalue weighted by Gasteiger charge is 2.11. The van der Waals surface area contributed by atoms with E-state index in [1.807, 2.05) is 25.6 Å². The molecular formula is C10H19N3O. The third-order valence-corrected chi connectivity index (χ3v) is 2.32. The fourth-order valence-electron chi connectivity index (χ4n) is 1.59. The lowest BCUT2D eigenvalue weighted by Gasteiger charge is -2.07. The Balaban J connectivity index is 2.92. The number of aromatic nitrogens is 2. The molecule has 0 aliphatic heterocycles. The molecule has 0 fully saturated rings. The van der Waals surface area contributed by atoms with E-state index in [0.717, 1.165) is 17.9 Å². The number of hydrogen-bond donors (Lipinski definition) is 2. The number of aliphatic hydroxyl groups is 1. The molecule has 0 spiro atoms. The van der Waals surface area contributed by atoms with E-state index in [9.17, 15) is 5.11 Å². The van der Waals surface area contributed by atoms with E-state index < -0.39 is 0 Å². The number of aryl methyl sites for hydroxylation is 1. The molecule has 80 valence electrons. The second kappa shape index (κ2) is 4.57. The molecule has 4 nitrogen and oxygen atoms in total. The van der Waals surface area contributed by atoms with E-state index in [2.05, 4.69) is 10.4 Å². The highest BCUT2D eigenvalue weighted by Crippen LogP contribution is 2.12. The van der Waals surface area contributed by atoms with Crippen LogP contribution in [0.25, 0.3) is 0 Å². The van der Waals surface area contributed by atoms with E-state index in [1.165, 1.54) is 5.56 Å². The summed E-state index contributed by atoms with van der Waals surface area (Å²) in [5.74, 6) is 0. The zero-order valence-corrected chi connectivity index (χ0v) is 9.33. The molecule has 0 amide bonds. The zero-order chi connectivity index (χ0) is 10.7. The summed E-state index contributed by atoms with van der Waals surface area (Å²) in [5.41, 5.74) is 3.41. The van der Waals surface area contributed by atoms with Crippen molar-refractivity contribution in [3.8, 4) is 0 Å². The lowest BCUT2D eigenvalue weighted by atomic mass is 10.2. The summed E-state index contributed by atoms with van der Waals surface area (Å²) in [6.07, 6.45) is -0.351. The van der Waals surface area contributed by atoms with Crippen molar-refractivity contribution in [1.29, 1.82) is 0 Å². The van der Waals surface area contributed by atoms with Gasteiger partial charge in [-0.3, -0.25) is 4.68 Å². The first-order valence-electron chi connectivity index (χ1n) is 4.91. The van der Waals surface area contributed by atoms with Crippen LogP contribution in [-0.4, -0.2) is 28.0 Å². The van der Waals surface area contributed by atoms with Gasteiger partial charge >= 0.3 is 0 Å². The number of nitrogens with one attached hydrogen (secondary N) is 1. The first-order valence-corrected chi connectivity index (χ1v) is 4.91. The average molecular weight is 197 g/mol. The van der Waals surface area contributed by atoms with Gasteiger partial charge in [0.15, 0.2) is 0 Å². The molecule has 1 atom stereocenters. The van der Waals surface area contributed by atoms with Crippen molar-refractivity contribution in [3.05, 3.63) is 17.0 Å². The molecule has 0 bridgehead atoms. The summed E-state index contributed by atoms with van der Waals surface area (Å²) in [6.45, 7) is 7.20. The Morgan fingerprint density at radius 1 is 1.50 bits per heavy atom. The molecule has 1 aromatic rings. The van der Waals surface area contributed by atoms with Crippen LogP contribution in [0.4, 0.5) is 0 Å². The van der Waals surface area contributed by atoms with E-state index in [1.54, 1.807) is 6.92 Å². The van der Waals surface area contributed by atoms with Crippen molar-refractivity contribution in [1.82, 2.24) is 15.1 Å². The van der Waals surface area contributed by atoms with Crippen molar-refractivity contribution in [2.45, 2.75) is 40.0 Å². The van der Waals surface area contributed by atoms with Crippen molar-refractivity contribution in [2.75, 3.05) is 7.05 Å². The van der Waals surface area contributed by atoms with Crippen LogP contribution >= 0.6 is 0 Å². The van der Waals surface area contributed by atoms with Crippen LogP contribution in [-0.2, 0) is 13.1 Å². The van der Waals surface area contributed by atoms with Gasteiger partial charge in [0.2, 0.25) is 0 Å². The van der Waals surface area contributed by atoms with Gasteiger partial charge < -0.3 is 10.4 Å². The van der Waals surface area contributed by atoms with Crippen LogP contribution in [0, 0.1) is 13.8 Å². The standard InChI is InChI=1S/C10H19N3O/c1-7(14)6-13-9(3)10(5-11-4)8(2)12-13/h7,11,14H,5-6H2,1-4H3. The third kappa shape index (κ3) is 2.33. The number of hydrogen-bond acceptors (Lipinski definition) is 3. The molecule has 1 unspecified atom stereocenters. The maximum absolute atomic E-state index is 9.28. The fourth-order valence-corrected chi connectivity index (χ4v) is 1.59. The minimum absolute atomic E-state index is 0.351. The highest BCUT2D eigenvalue weighted by atomic mass is 16.3. The van der Waals surface area contributed by atoms with Gasteiger partial charge in [-0.2, -0.15) is 5.10 Å². The molecule has 0 radical (unpaired) electrons. The Hall–Kier alpha value is -0.870. The largest absolute Gasteiger partial charge is 0.391 e. The molecule has 0 aliphatic carbocycles. The Kier molecular flexibility index (Phi) is 3.66. The summed E-state index contributed by atoms with van der Waals surface area (Å²) in [5, 5.41) is 16.8. The van der Waals surface area contributed by atoms with Crippen molar-refractivity contribution < 1.29 is 5.11 Å². The Morgan fingerprint density at radius 2 is 2.14 bits per heavy atom. The van der Waals surface area contributed by atoms with Crippen molar-refractivity contribution >= 4 is 0 Å². The smallest absolute Gasteiger partial charge is 0.0708 e. The number of aliphatic hydroxyl groups excluding tert-OH is 1. The van der Waals surface area contributed by atoms with Crippen LogP contribution in [0.3, 0.4) is 0 Å². The van der Waals surface area contributed by atoms with E-state index in [0.29, 0.717) is 6.54 Å². The average Bonchev–Trinajstić information content (AvgIpc) is 2.32. The van der Waals surface area contributed by atoms with Gasteiger partial charge in [-0.15, -0.1) is 0 Å². The monoisotopic (exact) mass is 197 g/mol. The minimum atomic E-state index is -0.351. The quantitative estimate of drug-likeness (QED) is 0.743. The van der Waals surface area contributed by atoms with E-state index in [4.69, 9.17) is 0 Å². The summed E-state index contributed by atoms with van der Waals surface area (Å²) in [4.78, 5) is 0. The fraction of sp³-hybridized carbons (Fsp3) is 0.700. The van der Waals surface area contributed by atoms with E-state index in [-0.39, 0.29) is 6.10 Å². The molecule has 4 heteroatoms. The predicted octanol–water partition coefficient (Wildman–Crippen LogP) is 0.600. The summed E-state index contributed by atoms with van der Waals surface area (Å²) >= 11 is 0. The second-order valence-corrected chi connectivity index (χ2v) is 3.71. The summed E-state index contributed by atoms with van der Waals surface area (Å²) in [7, 11) is 1.92. The zero-order valence-electron chi connectivity index (χ0n) is 9.33. The molecule has 0 saturated heterocycles. The van der Waals surface area contributed by atoms with Gasteiger partial charge in [-0.25, -0.2) is 0 Å². The normalized spacial score (nSPS) is 13.2. The van der Waals surface area contributed by atoms with Crippen LogP contribution in [0.5, 0.6) is 0 Å². The summed E-state index contributed by atoms with van der Waals surface area (Å²) in [6, 6.07) is 0. The maximum Gasteiger partial charge on any atom is 0.0708 e. The predicted molar refractivity (Wildman–Crippen MR) is 56.1 cm³/mol.